The number of alkyl carbamates (subject to hydrolysis) is 1. The molecule has 1 saturated carbocycles. The summed E-state index contributed by atoms with van der Waals surface area (Å²) in [7, 11) is 1.50. The minimum absolute atomic E-state index is 0.0858. The van der Waals surface area contributed by atoms with Crippen molar-refractivity contribution >= 4 is 29.2 Å². The van der Waals surface area contributed by atoms with Crippen molar-refractivity contribution in [2.75, 3.05) is 13.7 Å². The summed E-state index contributed by atoms with van der Waals surface area (Å²) in [5, 5.41) is 7.57. The second kappa shape index (κ2) is 13.4. The number of hydrogen-bond acceptors (Lipinski definition) is 9. The SMILES string of the molecule is COc1cc(-n2cnn3cc(-c4ccc(Cl)cn4)cc3c2=O)ccc1OCC(OC(=O)[C@@H](NC(=O)OC(C)(C)C)C(C)C)C1CC1. The number of amides is 1. The monoisotopic (exact) mass is 651 g/mol. The molecule has 1 aliphatic rings. The fourth-order valence-electron chi connectivity index (χ4n) is 4.85. The van der Waals surface area contributed by atoms with Gasteiger partial charge in [0, 0.05) is 24.0 Å². The topological polar surface area (TPSA) is 135 Å². The lowest BCUT2D eigenvalue weighted by Gasteiger charge is -2.26. The van der Waals surface area contributed by atoms with Crippen LogP contribution in [-0.4, -0.2) is 62.7 Å². The van der Waals surface area contributed by atoms with Crippen LogP contribution in [0.5, 0.6) is 11.5 Å². The average molecular weight is 652 g/mol. The van der Waals surface area contributed by atoms with Gasteiger partial charge in [0.25, 0.3) is 5.56 Å². The first kappa shape index (κ1) is 32.8. The lowest BCUT2D eigenvalue weighted by Crippen LogP contribution is -2.48. The zero-order valence-electron chi connectivity index (χ0n) is 26.7. The van der Waals surface area contributed by atoms with Gasteiger partial charge < -0.3 is 24.3 Å². The maximum Gasteiger partial charge on any atom is 0.408 e. The largest absolute Gasteiger partial charge is 0.493 e. The highest BCUT2D eigenvalue weighted by Gasteiger charge is 2.38. The van der Waals surface area contributed by atoms with E-state index in [1.165, 1.54) is 22.5 Å². The van der Waals surface area contributed by atoms with E-state index in [1.54, 1.807) is 69.6 Å². The van der Waals surface area contributed by atoms with Crippen LogP contribution in [0.4, 0.5) is 4.79 Å². The Labute approximate surface area is 271 Å². The molecule has 2 atom stereocenters. The van der Waals surface area contributed by atoms with E-state index in [2.05, 4.69) is 15.4 Å². The summed E-state index contributed by atoms with van der Waals surface area (Å²) in [5.41, 5.74) is 1.29. The minimum Gasteiger partial charge on any atom is -0.493 e. The Morgan fingerprint density at radius 2 is 1.87 bits per heavy atom. The molecule has 0 radical (unpaired) electrons. The zero-order valence-corrected chi connectivity index (χ0v) is 27.4. The molecule has 1 N–H and O–H groups in total. The van der Waals surface area contributed by atoms with Crippen molar-refractivity contribution in [1.29, 1.82) is 0 Å². The van der Waals surface area contributed by atoms with Gasteiger partial charge in [-0.05, 0) is 75.8 Å². The molecule has 5 rings (SSSR count). The molecule has 0 aliphatic heterocycles. The van der Waals surface area contributed by atoms with Crippen molar-refractivity contribution in [3.8, 4) is 28.4 Å². The second-order valence-electron chi connectivity index (χ2n) is 12.6. The number of ether oxygens (including phenoxy) is 4. The number of fused-ring (bicyclic) bond motifs is 1. The second-order valence-corrected chi connectivity index (χ2v) is 13.0. The smallest absolute Gasteiger partial charge is 0.408 e. The summed E-state index contributed by atoms with van der Waals surface area (Å²) in [4.78, 5) is 43.3. The number of benzene rings is 1. The van der Waals surface area contributed by atoms with Crippen LogP contribution in [0.1, 0.15) is 47.5 Å². The number of rotatable bonds is 11. The molecule has 4 aromatic rings. The fourth-order valence-corrected chi connectivity index (χ4v) is 4.96. The minimum atomic E-state index is -0.881. The predicted molar refractivity (Wildman–Crippen MR) is 172 cm³/mol. The summed E-state index contributed by atoms with van der Waals surface area (Å²) < 4.78 is 25.8. The maximum absolute atomic E-state index is 13.5. The Morgan fingerprint density at radius 3 is 2.50 bits per heavy atom. The maximum atomic E-state index is 13.5. The highest BCUT2D eigenvalue weighted by Crippen LogP contribution is 2.36. The fraction of sp³-hybridized carbons (Fsp3) is 0.424. The first-order valence-electron chi connectivity index (χ1n) is 15.1. The molecule has 1 unspecified atom stereocenters. The van der Waals surface area contributed by atoms with Crippen molar-refractivity contribution in [3.05, 3.63) is 70.5 Å². The lowest BCUT2D eigenvalue weighted by atomic mass is 10.0. The number of methoxy groups -OCH3 is 1. The van der Waals surface area contributed by atoms with Gasteiger partial charge in [-0.1, -0.05) is 25.4 Å². The molecular weight excluding hydrogens is 614 g/mol. The first-order chi connectivity index (χ1) is 21.8. The Hall–Kier alpha value is -4.58. The van der Waals surface area contributed by atoms with Gasteiger partial charge in [0.05, 0.1) is 23.5 Å². The van der Waals surface area contributed by atoms with Crippen molar-refractivity contribution in [3.63, 3.8) is 0 Å². The van der Waals surface area contributed by atoms with E-state index in [0.717, 1.165) is 18.4 Å². The molecule has 0 saturated heterocycles. The quantitative estimate of drug-likeness (QED) is 0.210. The van der Waals surface area contributed by atoms with E-state index in [9.17, 15) is 14.4 Å². The number of halogens is 1. The van der Waals surface area contributed by atoms with Crippen LogP contribution >= 0.6 is 11.6 Å². The third-order valence-corrected chi connectivity index (χ3v) is 7.61. The van der Waals surface area contributed by atoms with Gasteiger partial charge in [-0.2, -0.15) is 5.10 Å². The molecular formula is C33H38ClN5O7. The van der Waals surface area contributed by atoms with Gasteiger partial charge in [0.2, 0.25) is 0 Å². The van der Waals surface area contributed by atoms with Gasteiger partial charge >= 0.3 is 12.1 Å². The molecule has 244 valence electrons. The Bertz CT molecular complexity index is 1770. The lowest BCUT2D eigenvalue weighted by molar-refractivity contribution is -0.155. The van der Waals surface area contributed by atoms with Gasteiger partial charge in [0.1, 0.15) is 36.2 Å². The Morgan fingerprint density at radius 1 is 1.11 bits per heavy atom. The summed E-state index contributed by atoms with van der Waals surface area (Å²) in [6.07, 6.45) is 5.30. The standard InChI is InChI=1S/C33H38ClN5O7/c1-19(2)29(37-32(42)46-33(3,4)5)31(41)45-28(20-7-8-20)17-44-26-12-10-23(14-27(26)43-6)38-18-36-39-16-21(13-25(39)30(38)40)24-11-9-22(34)15-35-24/h9-16,18-20,28-29H,7-8,17H2,1-6H3,(H,37,42)/t28?,29-/m0/s1. The molecule has 3 heterocycles. The summed E-state index contributed by atoms with van der Waals surface area (Å²) in [6, 6.07) is 9.45. The zero-order chi connectivity index (χ0) is 33.2. The number of nitrogens with zero attached hydrogens (tertiary/aromatic N) is 4. The van der Waals surface area contributed by atoms with Gasteiger partial charge in [-0.25, -0.2) is 14.1 Å². The normalized spacial score (nSPS) is 14.5. The predicted octanol–water partition coefficient (Wildman–Crippen LogP) is 5.46. The van der Waals surface area contributed by atoms with Gasteiger partial charge in [-0.3, -0.25) is 14.3 Å². The third-order valence-electron chi connectivity index (χ3n) is 7.39. The molecule has 0 bridgehead atoms. The third kappa shape index (κ3) is 7.79. The number of pyridine rings is 1. The average Bonchev–Trinajstić information content (AvgIpc) is 3.75. The number of carbonyl (C=O) groups is 2. The van der Waals surface area contributed by atoms with Crippen LogP contribution in [0.3, 0.4) is 0 Å². The van der Waals surface area contributed by atoms with Crippen LogP contribution in [0, 0.1) is 11.8 Å². The van der Waals surface area contributed by atoms with Crippen molar-refractivity contribution in [1.82, 2.24) is 24.5 Å². The summed E-state index contributed by atoms with van der Waals surface area (Å²) >= 11 is 5.96. The molecule has 12 nitrogen and oxygen atoms in total. The summed E-state index contributed by atoms with van der Waals surface area (Å²) in [5.74, 6) is 0.179. The van der Waals surface area contributed by atoms with E-state index in [-0.39, 0.29) is 24.0 Å². The summed E-state index contributed by atoms with van der Waals surface area (Å²) in [6.45, 7) is 8.99. The molecule has 1 aliphatic carbocycles. The number of hydrogen-bond donors (Lipinski definition) is 1. The molecule has 1 amide bonds. The Balaban J connectivity index is 1.30. The van der Waals surface area contributed by atoms with Crippen LogP contribution < -0.4 is 20.3 Å². The van der Waals surface area contributed by atoms with Crippen LogP contribution in [-0.2, 0) is 14.3 Å². The Kier molecular flexibility index (Phi) is 9.57. The van der Waals surface area contributed by atoms with Crippen LogP contribution in [0.2, 0.25) is 5.02 Å². The molecule has 3 aromatic heterocycles. The van der Waals surface area contributed by atoms with E-state index in [0.29, 0.717) is 33.4 Å². The first-order valence-corrected chi connectivity index (χ1v) is 15.4. The van der Waals surface area contributed by atoms with Crippen molar-refractivity contribution in [2.24, 2.45) is 11.8 Å². The van der Waals surface area contributed by atoms with E-state index < -0.39 is 29.8 Å². The molecule has 13 heteroatoms. The molecule has 46 heavy (non-hydrogen) atoms. The number of esters is 1. The van der Waals surface area contributed by atoms with Gasteiger partial charge in [0.15, 0.2) is 11.5 Å². The highest BCUT2D eigenvalue weighted by molar-refractivity contribution is 6.30. The van der Waals surface area contributed by atoms with Crippen LogP contribution in [0.15, 0.2) is 59.9 Å². The van der Waals surface area contributed by atoms with Crippen LogP contribution in [0.25, 0.3) is 22.5 Å². The van der Waals surface area contributed by atoms with Gasteiger partial charge in [-0.15, -0.1) is 0 Å². The van der Waals surface area contributed by atoms with Crippen molar-refractivity contribution < 1.29 is 28.5 Å². The number of nitrogens with one attached hydrogen (secondary N) is 1. The van der Waals surface area contributed by atoms with E-state index in [1.807, 2.05) is 13.8 Å². The molecule has 0 spiro atoms. The van der Waals surface area contributed by atoms with E-state index in [4.69, 9.17) is 30.5 Å². The number of aromatic nitrogens is 4. The molecule has 1 fully saturated rings. The highest BCUT2D eigenvalue weighted by atomic mass is 35.5. The molecule has 1 aromatic carbocycles. The number of carbonyl (C=O) groups excluding carboxylic acids is 2. The van der Waals surface area contributed by atoms with E-state index >= 15 is 0 Å². The van der Waals surface area contributed by atoms with Crippen molar-refractivity contribution in [2.45, 2.75) is 65.2 Å².